The van der Waals surface area contributed by atoms with E-state index in [1.54, 1.807) is 18.2 Å². The lowest BCUT2D eigenvalue weighted by Gasteiger charge is -2.44. The van der Waals surface area contributed by atoms with Gasteiger partial charge in [-0.25, -0.2) is 0 Å². The Morgan fingerprint density at radius 3 is 2.03 bits per heavy atom. The molecule has 1 aliphatic rings. The van der Waals surface area contributed by atoms with Crippen molar-refractivity contribution in [2.75, 3.05) is 11.9 Å². The van der Waals surface area contributed by atoms with Gasteiger partial charge in [0.1, 0.15) is 12.7 Å². The summed E-state index contributed by atoms with van der Waals surface area (Å²) in [4.78, 5) is 46.9. The average Bonchev–Trinajstić information content (AvgIpc) is 2.71. The van der Waals surface area contributed by atoms with Crippen LogP contribution in [0.15, 0.2) is 28.7 Å². The first-order valence-corrected chi connectivity index (χ1v) is 11.3. The number of thiocarbonyl (C=S) groups is 1. The zero-order valence-corrected chi connectivity index (χ0v) is 21.3. The van der Waals surface area contributed by atoms with Crippen LogP contribution in [0.4, 0.5) is 5.69 Å². The van der Waals surface area contributed by atoms with E-state index in [1.165, 1.54) is 6.92 Å². The van der Waals surface area contributed by atoms with Crippen LogP contribution in [0.25, 0.3) is 0 Å². The number of benzene rings is 1. The minimum atomic E-state index is -1.29. The number of halogens is 1. The van der Waals surface area contributed by atoms with Crippen molar-refractivity contribution in [1.82, 2.24) is 5.32 Å². The smallest absolute Gasteiger partial charge is 0.303 e. The van der Waals surface area contributed by atoms with E-state index in [1.807, 2.05) is 6.07 Å². The molecule has 1 saturated heterocycles. The molecule has 5 atom stereocenters. The van der Waals surface area contributed by atoms with E-state index in [0.29, 0.717) is 5.69 Å². The number of esters is 4. The number of para-hydroxylation sites is 1. The number of ether oxygens (including phenoxy) is 5. The number of hydrogen-bond acceptors (Lipinski definition) is 10. The lowest BCUT2D eigenvalue weighted by atomic mass is 9.97. The number of carbonyl (C=O) groups excluding carboxylic acids is 4. The zero-order chi connectivity index (χ0) is 25.4. The molecule has 34 heavy (non-hydrogen) atoms. The van der Waals surface area contributed by atoms with Gasteiger partial charge in [-0.1, -0.05) is 12.1 Å². The van der Waals surface area contributed by atoms with Crippen molar-refractivity contribution in [1.29, 1.82) is 0 Å². The zero-order valence-electron chi connectivity index (χ0n) is 18.9. The molecule has 2 rings (SSSR count). The maximum atomic E-state index is 11.9. The normalized spacial score (nSPS) is 23.7. The van der Waals surface area contributed by atoms with Gasteiger partial charge in [0.2, 0.25) is 0 Å². The van der Waals surface area contributed by atoms with Crippen LogP contribution in [0, 0.1) is 0 Å². The molecule has 1 fully saturated rings. The van der Waals surface area contributed by atoms with Crippen molar-refractivity contribution in [3.63, 3.8) is 0 Å². The fourth-order valence-corrected chi connectivity index (χ4v) is 3.80. The highest BCUT2D eigenvalue weighted by atomic mass is 79.9. The number of anilines is 1. The van der Waals surface area contributed by atoms with Crippen LogP contribution < -0.4 is 10.6 Å². The molecular weight excluding hydrogens is 536 g/mol. The van der Waals surface area contributed by atoms with E-state index in [-0.39, 0.29) is 11.7 Å². The molecule has 1 aromatic carbocycles. The Morgan fingerprint density at radius 2 is 1.47 bits per heavy atom. The molecule has 0 aromatic heterocycles. The van der Waals surface area contributed by atoms with Crippen molar-refractivity contribution < 1.29 is 42.9 Å². The molecule has 0 aliphatic carbocycles. The van der Waals surface area contributed by atoms with Gasteiger partial charge < -0.3 is 34.3 Å². The third kappa shape index (κ3) is 8.22. The largest absolute Gasteiger partial charge is 0.463 e. The van der Waals surface area contributed by atoms with Gasteiger partial charge in [0, 0.05) is 32.2 Å². The van der Waals surface area contributed by atoms with Crippen molar-refractivity contribution in [3.05, 3.63) is 28.7 Å². The Hall–Kier alpha value is -2.77. The summed E-state index contributed by atoms with van der Waals surface area (Å²) in [5, 5.41) is 5.93. The standard InChI is InChI=1S/C21H25BrN2O9S/c1-10(25)29-9-16-17(30-11(2)26)18(31-12(3)27)19(32-13(4)28)20(33-16)24-21(34)23-15-8-6-5-7-14(15)22/h5-8,16-20H,9H2,1-4H3,(H2,23,24,34)/t16-,17-,18-,19+,20+/m0/s1. The van der Waals surface area contributed by atoms with Gasteiger partial charge >= 0.3 is 23.9 Å². The second-order valence-corrected chi connectivity index (χ2v) is 8.46. The maximum Gasteiger partial charge on any atom is 0.303 e. The topological polar surface area (TPSA) is 138 Å². The van der Waals surface area contributed by atoms with Crippen LogP contribution in [0.5, 0.6) is 0 Å². The van der Waals surface area contributed by atoms with Gasteiger partial charge in [-0.2, -0.15) is 0 Å². The van der Waals surface area contributed by atoms with Crippen LogP contribution in [-0.4, -0.2) is 66.2 Å². The number of hydrogen-bond donors (Lipinski definition) is 2. The van der Waals surface area contributed by atoms with Crippen LogP contribution in [0.2, 0.25) is 0 Å². The molecule has 0 bridgehead atoms. The Balaban J connectivity index is 2.37. The van der Waals surface area contributed by atoms with Crippen LogP contribution in [0.3, 0.4) is 0 Å². The summed E-state index contributed by atoms with van der Waals surface area (Å²) in [5.74, 6) is -2.74. The highest BCUT2D eigenvalue weighted by Gasteiger charge is 2.52. The second kappa shape index (κ2) is 12.6. The Bertz CT molecular complexity index is 945. The molecule has 1 aliphatic heterocycles. The number of nitrogens with one attached hydrogen (secondary N) is 2. The second-order valence-electron chi connectivity index (χ2n) is 7.20. The van der Waals surface area contributed by atoms with Crippen LogP contribution >= 0.6 is 28.1 Å². The molecule has 13 heteroatoms. The van der Waals surface area contributed by atoms with Crippen molar-refractivity contribution in [3.8, 4) is 0 Å². The summed E-state index contributed by atoms with van der Waals surface area (Å²) in [6.07, 6.45) is -6.04. The van der Waals surface area contributed by atoms with Gasteiger partial charge in [-0.15, -0.1) is 0 Å². The Morgan fingerprint density at radius 1 is 0.912 bits per heavy atom. The van der Waals surface area contributed by atoms with E-state index in [4.69, 9.17) is 35.9 Å². The summed E-state index contributed by atoms with van der Waals surface area (Å²) in [5.41, 5.74) is 0.644. The molecule has 0 saturated carbocycles. The quantitative estimate of drug-likeness (QED) is 0.285. The Kier molecular flexibility index (Phi) is 10.2. The van der Waals surface area contributed by atoms with Gasteiger partial charge in [0.25, 0.3) is 0 Å². The molecule has 0 unspecified atom stereocenters. The molecule has 0 spiro atoms. The summed E-state index contributed by atoms with van der Waals surface area (Å²) >= 11 is 8.77. The Labute approximate surface area is 209 Å². The van der Waals surface area contributed by atoms with Crippen LogP contribution in [-0.2, 0) is 42.9 Å². The minimum absolute atomic E-state index is 0.0906. The molecule has 0 amide bonds. The van der Waals surface area contributed by atoms with Gasteiger partial charge in [0.15, 0.2) is 29.7 Å². The van der Waals surface area contributed by atoms with Gasteiger partial charge in [0.05, 0.1) is 5.69 Å². The maximum absolute atomic E-state index is 11.9. The predicted octanol–water partition coefficient (Wildman–Crippen LogP) is 1.82. The number of carbonyl (C=O) groups is 4. The van der Waals surface area contributed by atoms with Crippen LogP contribution in [0.1, 0.15) is 27.7 Å². The van der Waals surface area contributed by atoms with E-state index in [0.717, 1.165) is 25.2 Å². The van der Waals surface area contributed by atoms with Crippen molar-refractivity contribution in [2.24, 2.45) is 0 Å². The molecule has 2 N–H and O–H groups in total. The summed E-state index contributed by atoms with van der Waals surface area (Å²) < 4.78 is 27.8. The summed E-state index contributed by atoms with van der Waals surface area (Å²) in [6.45, 7) is 4.32. The monoisotopic (exact) mass is 560 g/mol. The molecule has 11 nitrogen and oxygen atoms in total. The minimum Gasteiger partial charge on any atom is -0.463 e. The first-order chi connectivity index (χ1) is 16.0. The predicted molar refractivity (Wildman–Crippen MR) is 125 cm³/mol. The van der Waals surface area contributed by atoms with E-state index in [9.17, 15) is 19.2 Å². The third-order valence-corrected chi connectivity index (χ3v) is 5.30. The molecular formula is C21H25BrN2O9S. The lowest BCUT2D eigenvalue weighted by Crippen LogP contribution is -2.66. The average molecular weight is 561 g/mol. The molecule has 0 radical (unpaired) electrons. The van der Waals surface area contributed by atoms with E-state index in [2.05, 4.69) is 26.6 Å². The fraction of sp³-hybridized carbons (Fsp3) is 0.476. The van der Waals surface area contributed by atoms with Crippen molar-refractivity contribution >= 4 is 62.8 Å². The summed E-state index contributed by atoms with van der Waals surface area (Å²) in [6, 6.07) is 7.19. The van der Waals surface area contributed by atoms with E-state index >= 15 is 0 Å². The first kappa shape index (κ1) is 27.5. The fourth-order valence-electron chi connectivity index (χ4n) is 3.19. The highest BCUT2D eigenvalue weighted by Crippen LogP contribution is 2.29. The highest BCUT2D eigenvalue weighted by molar-refractivity contribution is 9.10. The third-order valence-electron chi connectivity index (χ3n) is 4.39. The number of rotatable bonds is 7. The molecule has 186 valence electrons. The van der Waals surface area contributed by atoms with E-state index < -0.39 is 54.5 Å². The first-order valence-electron chi connectivity index (χ1n) is 10.1. The molecule has 1 aromatic rings. The van der Waals surface area contributed by atoms with Gasteiger partial charge in [-0.3, -0.25) is 19.2 Å². The summed E-state index contributed by atoms with van der Waals surface area (Å²) in [7, 11) is 0. The lowest BCUT2D eigenvalue weighted by molar-refractivity contribution is -0.254. The van der Waals surface area contributed by atoms with Gasteiger partial charge in [-0.05, 0) is 40.3 Å². The SMILES string of the molecule is CC(=O)OC[C@@H]1O[C@@H](NC(=S)Nc2ccccc2Br)[C@H](OC(C)=O)[C@@H](OC(C)=O)[C@H]1OC(C)=O. The molecule has 1 heterocycles. The van der Waals surface area contributed by atoms with Crippen molar-refractivity contribution in [2.45, 2.75) is 58.3 Å².